The summed E-state index contributed by atoms with van der Waals surface area (Å²) < 4.78 is 12.6. The van der Waals surface area contributed by atoms with Crippen LogP contribution in [0, 0.1) is 0 Å². The molecule has 0 aliphatic heterocycles. The smallest absolute Gasteiger partial charge is 0.191 e. The van der Waals surface area contributed by atoms with E-state index in [9.17, 15) is 0 Å². The number of benzene rings is 2. The van der Waals surface area contributed by atoms with E-state index >= 15 is 0 Å². The Kier molecular flexibility index (Phi) is 12.3. The normalized spacial score (nSPS) is 11.0. The zero-order valence-corrected chi connectivity index (χ0v) is 21.7. The lowest BCUT2D eigenvalue weighted by molar-refractivity contribution is 0.145. The minimum absolute atomic E-state index is 0. The van der Waals surface area contributed by atoms with Gasteiger partial charge in [-0.15, -0.1) is 24.0 Å². The highest BCUT2D eigenvalue weighted by molar-refractivity contribution is 14.0. The molecule has 0 amide bonds. The molecule has 2 N–H and O–H groups in total. The first-order valence-corrected chi connectivity index (χ1v) is 11.1. The second kappa shape index (κ2) is 15.3. The van der Waals surface area contributed by atoms with E-state index in [-0.39, 0.29) is 24.0 Å². The molecule has 7 nitrogen and oxygen atoms in total. The van der Waals surface area contributed by atoms with Crippen molar-refractivity contribution in [3.05, 3.63) is 78.1 Å². The fourth-order valence-corrected chi connectivity index (χ4v) is 3.14. The fraction of sp³-hybridized carbons (Fsp3) is 0.360. The molecule has 0 spiro atoms. The third kappa shape index (κ3) is 9.43. The van der Waals surface area contributed by atoms with E-state index in [1.807, 2.05) is 72.4 Å². The molecule has 2 aromatic carbocycles. The first-order chi connectivity index (χ1) is 15.8. The van der Waals surface area contributed by atoms with Gasteiger partial charge in [-0.05, 0) is 55.2 Å². The average Bonchev–Trinajstić information content (AvgIpc) is 3.32. The molecule has 1 heterocycles. The van der Waals surface area contributed by atoms with E-state index < -0.39 is 0 Å². The molecule has 8 heteroatoms. The van der Waals surface area contributed by atoms with Crippen LogP contribution in [0.15, 0.2) is 72.0 Å². The van der Waals surface area contributed by atoms with Crippen LogP contribution in [-0.4, -0.2) is 49.2 Å². The summed E-state index contributed by atoms with van der Waals surface area (Å²) in [5, 5.41) is 11.3. The molecular formula is C25H34IN5O2. The first-order valence-electron chi connectivity index (χ1n) is 11.1. The molecule has 0 unspecified atom stereocenters. The number of aromatic nitrogens is 2. The maximum Gasteiger partial charge on any atom is 0.191 e. The highest BCUT2D eigenvalue weighted by Crippen LogP contribution is 2.12. The maximum absolute atomic E-state index is 5.42. The molecule has 0 saturated heterocycles. The monoisotopic (exact) mass is 563 g/mol. The standard InChI is InChI=1S/C25H33N5O2.HI/c1-3-32-17-7-15-26-25(28-18-21-10-12-24(31-2)13-11-21)27-16-14-22-19-29-30(20-22)23-8-5-4-6-9-23;/h4-6,8-13,19-20H,3,7,14-18H2,1-2H3,(H2,26,27,28);1H. The zero-order chi connectivity index (χ0) is 22.4. The zero-order valence-electron chi connectivity index (χ0n) is 19.4. The Hall–Kier alpha value is -2.59. The molecule has 178 valence electrons. The molecule has 0 saturated carbocycles. The molecule has 0 fully saturated rings. The number of halogens is 1. The second-order valence-corrected chi connectivity index (χ2v) is 7.30. The van der Waals surface area contributed by atoms with Gasteiger partial charge in [0.15, 0.2) is 5.96 Å². The van der Waals surface area contributed by atoms with Gasteiger partial charge in [-0.1, -0.05) is 30.3 Å². The molecule has 0 aliphatic carbocycles. The van der Waals surface area contributed by atoms with Gasteiger partial charge in [0.25, 0.3) is 0 Å². The Morgan fingerprint density at radius 1 is 1.00 bits per heavy atom. The largest absolute Gasteiger partial charge is 0.497 e. The number of aliphatic imine (C=N–C) groups is 1. The molecule has 1 aromatic heterocycles. The van der Waals surface area contributed by atoms with Crippen LogP contribution < -0.4 is 15.4 Å². The van der Waals surface area contributed by atoms with Crippen LogP contribution in [0.4, 0.5) is 0 Å². The Morgan fingerprint density at radius 3 is 2.48 bits per heavy atom. The molecule has 33 heavy (non-hydrogen) atoms. The van der Waals surface area contributed by atoms with Crippen molar-refractivity contribution in [2.75, 3.05) is 33.4 Å². The average molecular weight is 563 g/mol. The molecule has 0 aliphatic rings. The molecule has 3 rings (SSSR count). The minimum Gasteiger partial charge on any atom is -0.497 e. The van der Waals surface area contributed by atoms with Crippen molar-refractivity contribution >= 4 is 29.9 Å². The molecule has 3 aromatic rings. The van der Waals surface area contributed by atoms with Gasteiger partial charge in [0.05, 0.1) is 25.5 Å². The Morgan fingerprint density at radius 2 is 1.76 bits per heavy atom. The van der Waals surface area contributed by atoms with E-state index in [0.717, 1.165) is 62.1 Å². The predicted octanol–water partition coefficient (Wildman–Crippen LogP) is 4.20. The van der Waals surface area contributed by atoms with E-state index in [0.29, 0.717) is 6.54 Å². The van der Waals surface area contributed by atoms with Crippen LogP contribution in [0.5, 0.6) is 5.75 Å². The van der Waals surface area contributed by atoms with Gasteiger partial charge in [0.2, 0.25) is 0 Å². The fourth-order valence-electron chi connectivity index (χ4n) is 3.14. The summed E-state index contributed by atoms with van der Waals surface area (Å²) in [7, 11) is 1.67. The number of methoxy groups -OCH3 is 1. The SMILES string of the molecule is CCOCCCNC(=NCc1ccc(OC)cc1)NCCc1cnn(-c2ccccc2)c1.I. The number of nitrogens with one attached hydrogen (secondary N) is 2. The van der Waals surface area contributed by atoms with Crippen molar-refractivity contribution in [2.45, 2.75) is 26.3 Å². The van der Waals surface area contributed by atoms with Crippen molar-refractivity contribution in [3.63, 3.8) is 0 Å². The summed E-state index contributed by atoms with van der Waals surface area (Å²) in [4.78, 5) is 4.74. The second-order valence-electron chi connectivity index (χ2n) is 7.30. The van der Waals surface area contributed by atoms with Crippen LogP contribution in [0.3, 0.4) is 0 Å². The van der Waals surface area contributed by atoms with Crippen molar-refractivity contribution in [2.24, 2.45) is 4.99 Å². The molecule has 0 radical (unpaired) electrons. The number of ether oxygens (including phenoxy) is 2. The summed E-state index contributed by atoms with van der Waals surface area (Å²) in [5.74, 6) is 1.65. The number of guanidine groups is 1. The third-order valence-electron chi connectivity index (χ3n) is 4.90. The van der Waals surface area contributed by atoms with E-state index in [1.54, 1.807) is 7.11 Å². The van der Waals surface area contributed by atoms with E-state index in [4.69, 9.17) is 14.5 Å². The number of rotatable bonds is 12. The highest BCUT2D eigenvalue weighted by atomic mass is 127. The quantitative estimate of drug-likeness (QED) is 0.150. The summed E-state index contributed by atoms with van der Waals surface area (Å²) >= 11 is 0. The lowest BCUT2D eigenvalue weighted by atomic mass is 10.2. The maximum atomic E-state index is 5.42. The highest BCUT2D eigenvalue weighted by Gasteiger charge is 2.03. The number of para-hydroxylation sites is 1. The summed E-state index contributed by atoms with van der Waals surface area (Å²) in [6, 6.07) is 18.1. The Bertz CT molecular complexity index is 945. The number of nitrogens with zero attached hydrogens (tertiary/aromatic N) is 3. The van der Waals surface area contributed by atoms with Crippen LogP contribution in [-0.2, 0) is 17.7 Å². The lowest BCUT2D eigenvalue weighted by Gasteiger charge is -2.12. The van der Waals surface area contributed by atoms with Gasteiger partial charge in [0, 0.05) is 32.5 Å². The van der Waals surface area contributed by atoms with Gasteiger partial charge < -0.3 is 20.1 Å². The number of hydrogen-bond donors (Lipinski definition) is 2. The van der Waals surface area contributed by atoms with Gasteiger partial charge in [-0.25, -0.2) is 9.67 Å². The first kappa shape index (κ1) is 26.7. The summed E-state index contributed by atoms with van der Waals surface area (Å²) in [5.41, 5.74) is 3.36. The van der Waals surface area contributed by atoms with Gasteiger partial charge in [-0.2, -0.15) is 5.10 Å². The predicted molar refractivity (Wildman–Crippen MR) is 144 cm³/mol. The Balaban J connectivity index is 0.00000385. The summed E-state index contributed by atoms with van der Waals surface area (Å²) in [6.45, 7) is 5.66. The number of hydrogen-bond acceptors (Lipinski definition) is 4. The van der Waals surface area contributed by atoms with Gasteiger partial charge in [0.1, 0.15) is 5.75 Å². The van der Waals surface area contributed by atoms with Crippen molar-refractivity contribution in [1.82, 2.24) is 20.4 Å². The molecule has 0 bridgehead atoms. The van der Waals surface area contributed by atoms with Crippen LogP contribution in [0.1, 0.15) is 24.5 Å². The lowest BCUT2D eigenvalue weighted by Crippen LogP contribution is -2.39. The van der Waals surface area contributed by atoms with Crippen LogP contribution in [0.2, 0.25) is 0 Å². The topological polar surface area (TPSA) is 72.7 Å². The van der Waals surface area contributed by atoms with Crippen molar-refractivity contribution in [3.8, 4) is 11.4 Å². The third-order valence-corrected chi connectivity index (χ3v) is 4.90. The molecule has 0 atom stereocenters. The van der Waals surface area contributed by atoms with Gasteiger partial charge >= 0.3 is 0 Å². The van der Waals surface area contributed by atoms with Crippen LogP contribution in [0.25, 0.3) is 5.69 Å². The Labute approximate surface area is 213 Å². The summed E-state index contributed by atoms with van der Waals surface area (Å²) in [6.07, 6.45) is 5.77. The van der Waals surface area contributed by atoms with Crippen molar-refractivity contribution < 1.29 is 9.47 Å². The van der Waals surface area contributed by atoms with E-state index in [1.165, 1.54) is 5.56 Å². The van der Waals surface area contributed by atoms with Crippen LogP contribution >= 0.6 is 24.0 Å². The van der Waals surface area contributed by atoms with E-state index in [2.05, 4.69) is 21.9 Å². The minimum atomic E-state index is 0. The van der Waals surface area contributed by atoms with Crippen molar-refractivity contribution in [1.29, 1.82) is 0 Å². The molecular weight excluding hydrogens is 529 g/mol. The van der Waals surface area contributed by atoms with Gasteiger partial charge in [-0.3, -0.25) is 0 Å².